The molecule has 0 bridgehead atoms. The molecule has 0 spiro atoms. The summed E-state index contributed by atoms with van der Waals surface area (Å²) in [6.07, 6.45) is 1.83. The first-order chi connectivity index (χ1) is 15.8. The third-order valence-corrected chi connectivity index (χ3v) is 9.01. The monoisotopic (exact) mass is 492 g/mol. The Bertz CT molecular complexity index is 1110. The fraction of sp³-hybridized carbons (Fsp3) is 0.478. The molecule has 33 heavy (non-hydrogen) atoms. The van der Waals surface area contributed by atoms with Gasteiger partial charge in [-0.05, 0) is 49.2 Å². The van der Waals surface area contributed by atoms with Crippen LogP contribution in [0.3, 0.4) is 0 Å². The number of anilines is 1. The van der Waals surface area contributed by atoms with Crippen molar-refractivity contribution in [2.75, 3.05) is 38.5 Å². The van der Waals surface area contributed by atoms with Gasteiger partial charge in [0.05, 0.1) is 10.5 Å². The maximum Gasteiger partial charge on any atom is 0.256 e. The summed E-state index contributed by atoms with van der Waals surface area (Å²) in [7, 11) is -2.01. The van der Waals surface area contributed by atoms with Crippen LogP contribution in [0.2, 0.25) is 0 Å². The maximum absolute atomic E-state index is 13.0. The van der Waals surface area contributed by atoms with Crippen LogP contribution in [0, 0.1) is 0 Å². The van der Waals surface area contributed by atoms with Crippen LogP contribution in [0.5, 0.6) is 0 Å². The van der Waals surface area contributed by atoms with Crippen molar-refractivity contribution in [3.8, 4) is 0 Å². The Morgan fingerprint density at radius 3 is 2.33 bits per heavy atom. The normalized spacial score (nSPS) is 14.2. The van der Waals surface area contributed by atoms with Crippen molar-refractivity contribution in [3.05, 3.63) is 45.8 Å². The van der Waals surface area contributed by atoms with Crippen LogP contribution in [0.4, 0.5) is 5.00 Å². The molecule has 0 saturated heterocycles. The topological polar surface area (TPSA) is 98.8 Å². The lowest BCUT2D eigenvalue weighted by molar-refractivity contribution is 0.0962. The van der Waals surface area contributed by atoms with Gasteiger partial charge in [-0.25, -0.2) is 8.42 Å². The van der Waals surface area contributed by atoms with E-state index in [1.807, 2.05) is 0 Å². The first kappa shape index (κ1) is 25.4. The van der Waals surface area contributed by atoms with E-state index in [1.165, 1.54) is 39.9 Å². The molecule has 0 aliphatic carbocycles. The van der Waals surface area contributed by atoms with Crippen LogP contribution in [0.25, 0.3) is 0 Å². The molecule has 10 heteroatoms. The van der Waals surface area contributed by atoms with Crippen molar-refractivity contribution in [1.29, 1.82) is 0 Å². The predicted octanol–water partition coefficient (Wildman–Crippen LogP) is 3.16. The van der Waals surface area contributed by atoms with Gasteiger partial charge in [0.1, 0.15) is 5.00 Å². The quantitative estimate of drug-likeness (QED) is 0.560. The minimum absolute atomic E-state index is 0.149. The van der Waals surface area contributed by atoms with Crippen molar-refractivity contribution in [3.63, 3.8) is 0 Å². The molecule has 0 saturated carbocycles. The van der Waals surface area contributed by atoms with Gasteiger partial charge in [0.25, 0.3) is 11.8 Å². The number of thiophene rings is 1. The number of benzene rings is 1. The van der Waals surface area contributed by atoms with Gasteiger partial charge < -0.3 is 10.6 Å². The van der Waals surface area contributed by atoms with Crippen LogP contribution in [0.1, 0.15) is 58.3 Å². The number of hydrogen-bond donors (Lipinski definition) is 2. The van der Waals surface area contributed by atoms with Crippen molar-refractivity contribution < 1.29 is 18.0 Å². The van der Waals surface area contributed by atoms with Crippen LogP contribution >= 0.6 is 11.3 Å². The molecule has 3 rings (SSSR count). The van der Waals surface area contributed by atoms with Crippen molar-refractivity contribution in [2.45, 2.75) is 45.1 Å². The Morgan fingerprint density at radius 2 is 1.76 bits per heavy atom. The summed E-state index contributed by atoms with van der Waals surface area (Å²) in [5.74, 6) is -0.594. The van der Waals surface area contributed by atoms with Gasteiger partial charge in [0.15, 0.2) is 0 Å². The summed E-state index contributed by atoms with van der Waals surface area (Å²) in [4.78, 5) is 29.2. The number of nitrogens with zero attached hydrogens (tertiary/aromatic N) is 2. The first-order valence-electron chi connectivity index (χ1n) is 11.3. The van der Waals surface area contributed by atoms with Crippen molar-refractivity contribution >= 4 is 38.2 Å². The number of carbonyl (C=O) groups excluding carboxylic acids is 2. The van der Waals surface area contributed by atoms with Gasteiger partial charge in [-0.3, -0.25) is 14.5 Å². The lowest BCUT2D eigenvalue weighted by Gasteiger charge is -2.26. The molecule has 2 amide bonds. The summed E-state index contributed by atoms with van der Waals surface area (Å²) in [5, 5.41) is 6.10. The molecule has 0 fully saturated rings. The van der Waals surface area contributed by atoms with E-state index >= 15 is 0 Å². The van der Waals surface area contributed by atoms with E-state index in [0.717, 1.165) is 42.9 Å². The number of hydrogen-bond acceptors (Lipinski definition) is 6. The van der Waals surface area contributed by atoms with Crippen LogP contribution in [0.15, 0.2) is 29.2 Å². The molecule has 2 N–H and O–H groups in total. The second kappa shape index (κ2) is 10.8. The molecular weight excluding hydrogens is 460 g/mol. The summed E-state index contributed by atoms with van der Waals surface area (Å²) < 4.78 is 26.7. The SMILES string of the molecule is CCCN1CCc2c(sc(NC(=O)c3ccc(S(=O)(=O)N(CC)CC)cc3)c2C(=O)NC)C1. The number of nitrogens with one attached hydrogen (secondary N) is 2. The van der Waals surface area contributed by atoms with Crippen LogP contribution < -0.4 is 10.6 Å². The van der Waals surface area contributed by atoms with E-state index < -0.39 is 10.0 Å². The molecule has 8 nitrogen and oxygen atoms in total. The van der Waals surface area contributed by atoms with Gasteiger partial charge in [0.2, 0.25) is 10.0 Å². The lowest BCUT2D eigenvalue weighted by Crippen LogP contribution is -2.31. The molecule has 1 aromatic heterocycles. The van der Waals surface area contributed by atoms with E-state index in [4.69, 9.17) is 0 Å². The maximum atomic E-state index is 13.0. The van der Waals surface area contributed by atoms with Crippen LogP contribution in [-0.4, -0.2) is 62.7 Å². The lowest BCUT2D eigenvalue weighted by atomic mass is 10.0. The highest BCUT2D eigenvalue weighted by molar-refractivity contribution is 7.89. The second-order valence-corrected chi connectivity index (χ2v) is 10.9. The molecule has 0 unspecified atom stereocenters. The Kier molecular flexibility index (Phi) is 8.28. The summed E-state index contributed by atoms with van der Waals surface area (Å²) in [6, 6.07) is 5.90. The fourth-order valence-electron chi connectivity index (χ4n) is 4.08. The Hall–Kier alpha value is -2.27. The minimum Gasteiger partial charge on any atom is -0.355 e. The zero-order chi connectivity index (χ0) is 24.2. The largest absolute Gasteiger partial charge is 0.355 e. The summed E-state index contributed by atoms with van der Waals surface area (Å²) in [5.41, 5.74) is 1.86. The van der Waals surface area contributed by atoms with Crippen LogP contribution in [-0.2, 0) is 23.0 Å². The third kappa shape index (κ3) is 5.29. The predicted molar refractivity (Wildman–Crippen MR) is 131 cm³/mol. The second-order valence-electron chi connectivity index (χ2n) is 7.88. The van der Waals surface area contributed by atoms with Gasteiger partial charge in [-0.2, -0.15) is 4.31 Å². The fourth-order valence-corrected chi connectivity index (χ4v) is 6.82. The average molecular weight is 493 g/mol. The molecule has 1 aromatic carbocycles. The molecule has 2 aromatic rings. The van der Waals surface area contributed by atoms with Crippen molar-refractivity contribution in [2.24, 2.45) is 0 Å². The van der Waals surface area contributed by atoms with Crippen molar-refractivity contribution in [1.82, 2.24) is 14.5 Å². The smallest absolute Gasteiger partial charge is 0.256 e. The average Bonchev–Trinajstić information content (AvgIpc) is 3.16. The highest BCUT2D eigenvalue weighted by Gasteiger charge is 2.28. The number of fused-ring (bicyclic) bond motifs is 1. The van der Waals surface area contributed by atoms with E-state index in [2.05, 4.69) is 22.5 Å². The van der Waals surface area contributed by atoms with Gasteiger partial charge >= 0.3 is 0 Å². The minimum atomic E-state index is -3.59. The molecular formula is C23H32N4O4S2. The third-order valence-electron chi connectivity index (χ3n) is 5.82. The van der Waals surface area contributed by atoms with Gasteiger partial charge in [0, 0.05) is 43.7 Å². The Morgan fingerprint density at radius 1 is 1.09 bits per heavy atom. The molecule has 1 aliphatic rings. The first-order valence-corrected chi connectivity index (χ1v) is 13.5. The molecule has 0 atom stereocenters. The Labute approximate surface area is 200 Å². The zero-order valence-electron chi connectivity index (χ0n) is 19.6. The molecule has 1 aliphatic heterocycles. The van der Waals surface area contributed by atoms with Gasteiger partial charge in [-0.15, -0.1) is 11.3 Å². The number of amides is 2. The zero-order valence-corrected chi connectivity index (χ0v) is 21.2. The highest BCUT2D eigenvalue weighted by Crippen LogP contribution is 2.37. The number of carbonyl (C=O) groups is 2. The number of sulfonamides is 1. The van der Waals surface area contributed by atoms with E-state index in [9.17, 15) is 18.0 Å². The van der Waals surface area contributed by atoms with E-state index in [-0.39, 0.29) is 16.7 Å². The summed E-state index contributed by atoms with van der Waals surface area (Å²) in [6.45, 7) is 9.12. The molecule has 2 heterocycles. The highest BCUT2D eigenvalue weighted by atomic mass is 32.2. The molecule has 180 valence electrons. The standard InChI is InChI=1S/C23H32N4O4S2/c1-5-13-26-14-12-18-19(15-26)32-23(20(18)22(29)24-4)25-21(28)16-8-10-17(11-9-16)33(30,31)27(6-2)7-3/h8-11H,5-7,12-15H2,1-4H3,(H,24,29)(H,25,28). The number of rotatable bonds is 9. The van der Waals surface area contributed by atoms with E-state index in [1.54, 1.807) is 20.9 Å². The molecule has 0 radical (unpaired) electrons. The summed E-state index contributed by atoms with van der Waals surface area (Å²) >= 11 is 1.44. The Balaban J connectivity index is 1.85. The van der Waals surface area contributed by atoms with Gasteiger partial charge in [-0.1, -0.05) is 20.8 Å². The van der Waals surface area contributed by atoms with E-state index in [0.29, 0.717) is 29.2 Å².